The van der Waals surface area contributed by atoms with Crippen LogP contribution in [0, 0.1) is 12.3 Å². The second kappa shape index (κ2) is 6.13. The third-order valence-corrected chi connectivity index (χ3v) is 5.66. The SMILES string of the molecule is CCOC1CC(Nc2c(C)ccnc2Cl)C12CCCCC2. The van der Waals surface area contributed by atoms with Crippen LogP contribution in [0.15, 0.2) is 12.3 Å². The number of anilines is 1. The number of nitrogens with one attached hydrogen (secondary N) is 1. The fourth-order valence-corrected chi connectivity index (χ4v) is 4.40. The molecule has 0 bridgehead atoms. The number of aromatic nitrogens is 1. The maximum absolute atomic E-state index is 6.27. The van der Waals surface area contributed by atoms with E-state index in [4.69, 9.17) is 16.3 Å². The lowest BCUT2D eigenvalue weighted by atomic mass is 9.55. The van der Waals surface area contributed by atoms with E-state index < -0.39 is 0 Å². The molecule has 2 aliphatic rings. The summed E-state index contributed by atoms with van der Waals surface area (Å²) in [5, 5.41) is 4.27. The van der Waals surface area contributed by atoms with Gasteiger partial charge in [0.15, 0.2) is 5.15 Å². The third-order valence-electron chi connectivity index (χ3n) is 5.37. The highest BCUT2D eigenvalue weighted by atomic mass is 35.5. The van der Waals surface area contributed by atoms with Crippen LogP contribution in [-0.2, 0) is 4.74 Å². The van der Waals surface area contributed by atoms with E-state index in [0.29, 0.717) is 22.7 Å². The number of ether oxygens (including phenoxy) is 1. The predicted molar refractivity (Wildman–Crippen MR) is 86.9 cm³/mol. The van der Waals surface area contributed by atoms with Crippen molar-refractivity contribution in [1.29, 1.82) is 0 Å². The van der Waals surface area contributed by atoms with Gasteiger partial charge in [-0.25, -0.2) is 4.98 Å². The van der Waals surface area contributed by atoms with E-state index in [1.165, 1.54) is 37.7 Å². The molecule has 0 aliphatic heterocycles. The summed E-state index contributed by atoms with van der Waals surface area (Å²) in [7, 11) is 0. The van der Waals surface area contributed by atoms with Crippen LogP contribution in [0.25, 0.3) is 0 Å². The van der Waals surface area contributed by atoms with Crippen molar-refractivity contribution < 1.29 is 4.74 Å². The zero-order chi connectivity index (χ0) is 14.9. The molecule has 1 N–H and O–H groups in total. The lowest BCUT2D eigenvalue weighted by molar-refractivity contribution is -0.134. The molecule has 2 atom stereocenters. The van der Waals surface area contributed by atoms with Gasteiger partial charge in [0.1, 0.15) is 0 Å². The molecule has 2 saturated carbocycles. The Kier molecular flexibility index (Phi) is 4.41. The van der Waals surface area contributed by atoms with Crippen molar-refractivity contribution in [1.82, 2.24) is 4.98 Å². The van der Waals surface area contributed by atoms with Gasteiger partial charge < -0.3 is 10.1 Å². The Balaban J connectivity index is 1.79. The topological polar surface area (TPSA) is 34.1 Å². The Hall–Kier alpha value is -0.800. The summed E-state index contributed by atoms with van der Waals surface area (Å²) < 4.78 is 6.01. The molecule has 4 heteroatoms. The van der Waals surface area contributed by atoms with Gasteiger partial charge in [0.05, 0.1) is 11.8 Å². The molecule has 3 rings (SSSR count). The Labute approximate surface area is 132 Å². The summed E-state index contributed by atoms with van der Waals surface area (Å²) in [4.78, 5) is 4.21. The van der Waals surface area contributed by atoms with Gasteiger partial charge in [-0.05, 0) is 44.7 Å². The van der Waals surface area contributed by atoms with Gasteiger partial charge in [-0.2, -0.15) is 0 Å². The molecule has 0 saturated heterocycles. The number of aryl methyl sites for hydroxylation is 1. The van der Waals surface area contributed by atoms with E-state index in [1.807, 2.05) is 6.07 Å². The van der Waals surface area contributed by atoms with Crippen molar-refractivity contribution >= 4 is 17.3 Å². The first-order chi connectivity index (χ1) is 10.2. The minimum Gasteiger partial charge on any atom is -0.379 e. The van der Waals surface area contributed by atoms with Crippen molar-refractivity contribution in [3.63, 3.8) is 0 Å². The first-order valence-corrected chi connectivity index (χ1v) is 8.54. The van der Waals surface area contributed by atoms with Crippen molar-refractivity contribution in [2.75, 3.05) is 11.9 Å². The van der Waals surface area contributed by atoms with Crippen LogP contribution in [0.3, 0.4) is 0 Å². The maximum atomic E-state index is 6.27. The molecule has 2 fully saturated rings. The molecule has 3 nitrogen and oxygen atoms in total. The molecule has 2 aliphatic carbocycles. The smallest absolute Gasteiger partial charge is 0.152 e. The van der Waals surface area contributed by atoms with Gasteiger partial charge in [-0.1, -0.05) is 30.9 Å². The molecule has 1 spiro atoms. The van der Waals surface area contributed by atoms with E-state index in [9.17, 15) is 0 Å². The maximum Gasteiger partial charge on any atom is 0.152 e. The standard InChI is InChI=1S/C17H25ClN2O/c1-3-21-14-11-13(17(14)8-5-4-6-9-17)20-15-12(2)7-10-19-16(15)18/h7,10,13-14,20H,3-6,8-9,11H2,1-2H3. The molecule has 2 unspecified atom stereocenters. The van der Waals surface area contributed by atoms with Crippen LogP contribution in [0.1, 0.15) is 51.0 Å². The second-order valence-electron chi connectivity index (χ2n) is 6.46. The molecule has 1 aromatic rings. The summed E-state index contributed by atoms with van der Waals surface area (Å²) in [6.45, 7) is 4.99. The molecule has 21 heavy (non-hydrogen) atoms. The summed E-state index contributed by atoms with van der Waals surface area (Å²) >= 11 is 6.27. The fraction of sp³-hybridized carbons (Fsp3) is 0.706. The molecule has 0 radical (unpaired) electrons. The highest BCUT2D eigenvalue weighted by molar-refractivity contribution is 6.32. The van der Waals surface area contributed by atoms with Crippen molar-refractivity contribution in [3.05, 3.63) is 23.0 Å². The third kappa shape index (κ3) is 2.66. The van der Waals surface area contributed by atoms with Crippen molar-refractivity contribution in [2.45, 2.75) is 64.5 Å². The Morgan fingerprint density at radius 2 is 2.14 bits per heavy atom. The zero-order valence-corrected chi connectivity index (χ0v) is 13.7. The molecular formula is C17H25ClN2O. The number of pyridine rings is 1. The first kappa shape index (κ1) is 15.1. The quantitative estimate of drug-likeness (QED) is 0.826. The Morgan fingerprint density at radius 3 is 2.81 bits per heavy atom. The van der Waals surface area contributed by atoms with E-state index in [-0.39, 0.29) is 0 Å². The summed E-state index contributed by atoms with van der Waals surface area (Å²) in [6.07, 6.45) is 9.80. The molecule has 116 valence electrons. The van der Waals surface area contributed by atoms with E-state index in [0.717, 1.165) is 18.7 Å². The number of rotatable bonds is 4. The predicted octanol–water partition coefficient (Wildman–Crippen LogP) is 4.58. The summed E-state index contributed by atoms with van der Waals surface area (Å²) in [5.74, 6) is 0. The van der Waals surface area contributed by atoms with Crippen LogP contribution < -0.4 is 5.32 Å². The minimum atomic E-state index is 0.305. The normalized spacial score (nSPS) is 27.4. The van der Waals surface area contributed by atoms with E-state index in [2.05, 4.69) is 24.1 Å². The van der Waals surface area contributed by atoms with Crippen LogP contribution in [-0.4, -0.2) is 23.7 Å². The Bertz CT molecular complexity index is 479. The molecule has 0 amide bonds. The second-order valence-corrected chi connectivity index (χ2v) is 6.82. The van der Waals surface area contributed by atoms with E-state index >= 15 is 0 Å². The number of hydrogen-bond acceptors (Lipinski definition) is 3. The van der Waals surface area contributed by atoms with Crippen LogP contribution >= 0.6 is 11.6 Å². The molecular weight excluding hydrogens is 284 g/mol. The first-order valence-electron chi connectivity index (χ1n) is 8.16. The number of hydrogen-bond donors (Lipinski definition) is 1. The van der Waals surface area contributed by atoms with Gasteiger partial charge in [-0.3, -0.25) is 0 Å². The summed E-state index contributed by atoms with van der Waals surface area (Å²) in [5.41, 5.74) is 2.48. The average molecular weight is 309 g/mol. The molecule has 0 aromatic carbocycles. The Morgan fingerprint density at radius 1 is 1.38 bits per heavy atom. The van der Waals surface area contributed by atoms with Gasteiger partial charge in [-0.15, -0.1) is 0 Å². The van der Waals surface area contributed by atoms with Gasteiger partial charge in [0.2, 0.25) is 0 Å². The zero-order valence-electron chi connectivity index (χ0n) is 13.0. The fourth-order valence-electron chi connectivity index (χ4n) is 4.14. The van der Waals surface area contributed by atoms with Gasteiger partial charge in [0, 0.05) is 24.3 Å². The minimum absolute atomic E-state index is 0.305. The highest BCUT2D eigenvalue weighted by Gasteiger charge is 2.55. The largest absolute Gasteiger partial charge is 0.379 e. The van der Waals surface area contributed by atoms with Crippen molar-refractivity contribution in [2.24, 2.45) is 5.41 Å². The molecule has 1 aromatic heterocycles. The average Bonchev–Trinajstić information content (AvgIpc) is 2.50. The molecule has 1 heterocycles. The number of halogens is 1. The monoisotopic (exact) mass is 308 g/mol. The van der Waals surface area contributed by atoms with Crippen LogP contribution in [0.4, 0.5) is 5.69 Å². The van der Waals surface area contributed by atoms with E-state index in [1.54, 1.807) is 6.20 Å². The van der Waals surface area contributed by atoms with Gasteiger partial charge in [0.25, 0.3) is 0 Å². The lowest BCUT2D eigenvalue weighted by Crippen LogP contribution is -2.62. The van der Waals surface area contributed by atoms with Crippen molar-refractivity contribution in [3.8, 4) is 0 Å². The lowest BCUT2D eigenvalue weighted by Gasteiger charge is -2.58. The summed E-state index contributed by atoms with van der Waals surface area (Å²) in [6, 6.07) is 2.48. The van der Waals surface area contributed by atoms with Gasteiger partial charge >= 0.3 is 0 Å². The van der Waals surface area contributed by atoms with Crippen LogP contribution in [0.5, 0.6) is 0 Å². The number of nitrogens with zero attached hydrogens (tertiary/aromatic N) is 1. The highest BCUT2D eigenvalue weighted by Crippen LogP contribution is 2.54. The van der Waals surface area contributed by atoms with Crippen LogP contribution in [0.2, 0.25) is 5.15 Å².